The molecule has 3 unspecified atom stereocenters. The largest absolute Gasteiger partial charge is 0.299 e. The zero-order valence-corrected chi connectivity index (χ0v) is 13.1. The van der Waals surface area contributed by atoms with Gasteiger partial charge >= 0.3 is 0 Å². The molecule has 3 nitrogen and oxygen atoms in total. The summed E-state index contributed by atoms with van der Waals surface area (Å²) in [5.74, 6) is 0.392. The molecule has 2 saturated heterocycles. The maximum Gasteiger partial charge on any atom is 0.123 e. The second-order valence-electron chi connectivity index (χ2n) is 6.60. The molecule has 2 aliphatic heterocycles. The van der Waals surface area contributed by atoms with Gasteiger partial charge in [0.1, 0.15) is 5.82 Å². The number of piperidine rings is 1. The Labute approximate surface area is 136 Å². The minimum absolute atomic E-state index is 0.149. The molecule has 0 radical (unpaired) electrons. The Bertz CT molecular complexity index is 661. The van der Waals surface area contributed by atoms with Gasteiger partial charge in [0.05, 0.1) is 6.04 Å². The summed E-state index contributed by atoms with van der Waals surface area (Å²) in [5.41, 5.74) is 9.32. The van der Waals surface area contributed by atoms with Gasteiger partial charge in [0, 0.05) is 31.6 Å². The topological polar surface area (TPSA) is 27.3 Å². The Morgan fingerprint density at radius 1 is 1.04 bits per heavy atom. The van der Waals surface area contributed by atoms with Crippen LogP contribution in [0.1, 0.15) is 23.6 Å². The quantitative estimate of drug-likeness (QED) is 0.913. The number of nitrogens with zero attached hydrogens (tertiary/aromatic N) is 1. The van der Waals surface area contributed by atoms with E-state index in [1.165, 1.54) is 11.6 Å². The third-order valence-corrected chi connectivity index (χ3v) is 5.05. The summed E-state index contributed by atoms with van der Waals surface area (Å²) in [5, 5.41) is 0. The van der Waals surface area contributed by atoms with Gasteiger partial charge in [-0.25, -0.2) is 9.82 Å². The number of hydrogen-bond acceptors (Lipinski definition) is 3. The van der Waals surface area contributed by atoms with Crippen LogP contribution in [0.15, 0.2) is 54.6 Å². The predicted octanol–water partition coefficient (Wildman–Crippen LogP) is 2.87. The first-order valence-corrected chi connectivity index (χ1v) is 8.32. The monoisotopic (exact) mass is 311 g/mol. The predicted molar refractivity (Wildman–Crippen MR) is 89.0 cm³/mol. The fourth-order valence-corrected chi connectivity index (χ4v) is 3.90. The van der Waals surface area contributed by atoms with E-state index in [4.69, 9.17) is 0 Å². The first kappa shape index (κ1) is 14.8. The van der Waals surface area contributed by atoms with Crippen LogP contribution in [0.5, 0.6) is 0 Å². The molecule has 3 atom stereocenters. The molecular formula is C19H22FN3. The van der Waals surface area contributed by atoms with Gasteiger partial charge < -0.3 is 0 Å². The van der Waals surface area contributed by atoms with Gasteiger partial charge in [-0.2, -0.15) is 0 Å². The standard InChI is InChI=1S/C19H22FN3/c20-16-8-4-5-14(11-16)12-23-10-9-18-17(13-23)19(22-21-18)15-6-2-1-3-7-15/h1-8,11,17-19,21-22H,9-10,12-13H2. The SMILES string of the molecule is Fc1cccc(CN2CCC3NNC(c4ccccc4)C3C2)c1. The summed E-state index contributed by atoms with van der Waals surface area (Å²) in [6.07, 6.45) is 1.12. The molecule has 0 bridgehead atoms. The molecule has 120 valence electrons. The highest BCUT2D eigenvalue weighted by Gasteiger charge is 2.40. The summed E-state index contributed by atoms with van der Waals surface area (Å²) >= 11 is 0. The molecule has 0 saturated carbocycles. The van der Waals surface area contributed by atoms with Crippen LogP contribution in [0.25, 0.3) is 0 Å². The molecule has 0 spiro atoms. The molecule has 2 aromatic rings. The Morgan fingerprint density at radius 2 is 1.91 bits per heavy atom. The number of hydrazine groups is 1. The van der Waals surface area contributed by atoms with Crippen molar-refractivity contribution in [2.24, 2.45) is 5.92 Å². The first-order valence-electron chi connectivity index (χ1n) is 8.32. The maximum absolute atomic E-state index is 13.4. The fourth-order valence-electron chi connectivity index (χ4n) is 3.90. The van der Waals surface area contributed by atoms with Gasteiger partial charge in [-0.15, -0.1) is 0 Å². The van der Waals surface area contributed by atoms with Crippen molar-refractivity contribution in [3.8, 4) is 0 Å². The van der Waals surface area contributed by atoms with Crippen molar-refractivity contribution in [2.75, 3.05) is 13.1 Å². The van der Waals surface area contributed by atoms with E-state index in [1.54, 1.807) is 12.1 Å². The Hall–Kier alpha value is -1.75. The third kappa shape index (κ3) is 3.15. The molecule has 0 aromatic heterocycles. The van der Waals surface area contributed by atoms with Gasteiger partial charge in [0.2, 0.25) is 0 Å². The summed E-state index contributed by atoms with van der Waals surface area (Å²) in [6, 6.07) is 18.4. The highest BCUT2D eigenvalue weighted by Crippen LogP contribution is 2.33. The average molecular weight is 311 g/mol. The van der Waals surface area contributed by atoms with Crippen LogP contribution in [-0.2, 0) is 6.54 Å². The van der Waals surface area contributed by atoms with Crippen LogP contribution in [0.3, 0.4) is 0 Å². The molecule has 2 aliphatic rings. The number of likely N-dealkylation sites (tertiary alicyclic amines) is 1. The van der Waals surface area contributed by atoms with Crippen LogP contribution in [0.4, 0.5) is 4.39 Å². The highest BCUT2D eigenvalue weighted by atomic mass is 19.1. The van der Waals surface area contributed by atoms with Crippen molar-refractivity contribution in [3.05, 3.63) is 71.5 Å². The lowest BCUT2D eigenvalue weighted by molar-refractivity contribution is 0.148. The third-order valence-electron chi connectivity index (χ3n) is 5.05. The summed E-state index contributed by atoms with van der Waals surface area (Å²) in [4.78, 5) is 2.45. The van der Waals surface area contributed by atoms with Gasteiger partial charge in [-0.3, -0.25) is 10.3 Å². The van der Waals surface area contributed by atoms with E-state index in [-0.39, 0.29) is 5.82 Å². The maximum atomic E-state index is 13.4. The Balaban J connectivity index is 1.47. The van der Waals surface area contributed by atoms with Crippen molar-refractivity contribution in [2.45, 2.75) is 25.0 Å². The molecule has 0 amide bonds. The first-order chi connectivity index (χ1) is 11.3. The van der Waals surface area contributed by atoms with Gasteiger partial charge in [0.15, 0.2) is 0 Å². The second-order valence-corrected chi connectivity index (χ2v) is 6.60. The van der Waals surface area contributed by atoms with Crippen LogP contribution < -0.4 is 10.9 Å². The number of hydrogen-bond donors (Lipinski definition) is 2. The lowest BCUT2D eigenvalue weighted by Crippen LogP contribution is -2.45. The Kier molecular flexibility index (Phi) is 4.12. The molecule has 2 N–H and O–H groups in total. The van der Waals surface area contributed by atoms with Crippen molar-refractivity contribution in [1.82, 2.24) is 15.8 Å². The van der Waals surface area contributed by atoms with E-state index in [1.807, 2.05) is 6.07 Å². The van der Waals surface area contributed by atoms with E-state index in [9.17, 15) is 4.39 Å². The summed E-state index contributed by atoms with van der Waals surface area (Å²) in [6.45, 7) is 2.90. The van der Waals surface area contributed by atoms with Crippen LogP contribution >= 0.6 is 0 Å². The smallest absolute Gasteiger partial charge is 0.123 e. The van der Waals surface area contributed by atoms with E-state index in [2.05, 4.69) is 46.1 Å². The minimum atomic E-state index is -0.149. The summed E-state index contributed by atoms with van der Waals surface area (Å²) < 4.78 is 13.4. The minimum Gasteiger partial charge on any atom is -0.299 e. The summed E-state index contributed by atoms with van der Waals surface area (Å²) in [7, 11) is 0. The van der Waals surface area contributed by atoms with Crippen LogP contribution in [0, 0.1) is 11.7 Å². The number of nitrogens with one attached hydrogen (secondary N) is 2. The molecule has 4 rings (SSSR count). The molecular weight excluding hydrogens is 289 g/mol. The molecule has 23 heavy (non-hydrogen) atoms. The van der Waals surface area contributed by atoms with Crippen LogP contribution in [0.2, 0.25) is 0 Å². The Morgan fingerprint density at radius 3 is 2.74 bits per heavy atom. The van der Waals surface area contributed by atoms with Crippen molar-refractivity contribution in [3.63, 3.8) is 0 Å². The molecule has 4 heteroatoms. The number of benzene rings is 2. The van der Waals surface area contributed by atoms with E-state index in [0.29, 0.717) is 18.0 Å². The zero-order chi connectivity index (χ0) is 15.6. The molecule has 2 heterocycles. The number of fused-ring (bicyclic) bond motifs is 1. The van der Waals surface area contributed by atoms with Gasteiger partial charge in [-0.1, -0.05) is 42.5 Å². The van der Waals surface area contributed by atoms with Gasteiger partial charge in [-0.05, 0) is 29.7 Å². The van der Waals surface area contributed by atoms with Crippen molar-refractivity contribution in [1.29, 1.82) is 0 Å². The number of rotatable bonds is 3. The lowest BCUT2D eigenvalue weighted by Gasteiger charge is -2.36. The lowest BCUT2D eigenvalue weighted by atomic mass is 9.85. The molecule has 2 aromatic carbocycles. The van der Waals surface area contributed by atoms with Crippen molar-refractivity contribution >= 4 is 0 Å². The highest BCUT2D eigenvalue weighted by molar-refractivity contribution is 5.22. The number of halogens is 1. The molecule has 0 aliphatic carbocycles. The van der Waals surface area contributed by atoms with E-state index >= 15 is 0 Å². The second kappa shape index (κ2) is 6.40. The average Bonchev–Trinajstić information content (AvgIpc) is 2.99. The van der Waals surface area contributed by atoms with E-state index in [0.717, 1.165) is 31.6 Å². The van der Waals surface area contributed by atoms with Crippen LogP contribution in [-0.4, -0.2) is 24.0 Å². The zero-order valence-electron chi connectivity index (χ0n) is 13.1. The normalized spacial score (nSPS) is 27.8. The van der Waals surface area contributed by atoms with E-state index < -0.39 is 0 Å². The van der Waals surface area contributed by atoms with Crippen molar-refractivity contribution < 1.29 is 4.39 Å². The fraction of sp³-hybridized carbons (Fsp3) is 0.368. The molecule has 2 fully saturated rings. The van der Waals surface area contributed by atoms with Gasteiger partial charge in [0.25, 0.3) is 0 Å².